The number of aryl methyl sites for hydroxylation is 1. The van der Waals surface area contributed by atoms with Gasteiger partial charge in [0.15, 0.2) is 0 Å². The Hall–Kier alpha value is -0.570. The Kier molecular flexibility index (Phi) is 5.20. The lowest BCUT2D eigenvalue weighted by Crippen LogP contribution is -2.24. The summed E-state index contributed by atoms with van der Waals surface area (Å²) in [6, 6.07) is 0. The van der Waals surface area contributed by atoms with Crippen molar-refractivity contribution in [2.75, 3.05) is 12.4 Å². The number of alkyl halides is 1. The SMILES string of the molecule is COc1c(C)cnc(CC(CBr)C(C)(C)C)c1C. The van der Waals surface area contributed by atoms with E-state index in [1.807, 2.05) is 13.1 Å². The maximum Gasteiger partial charge on any atom is 0.128 e. The number of rotatable bonds is 4. The van der Waals surface area contributed by atoms with Gasteiger partial charge in [-0.25, -0.2) is 0 Å². The molecule has 0 bridgehead atoms. The van der Waals surface area contributed by atoms with Gasteiger partial charge in [0.2, 0.25) is 0 Å². The van der Waals surface area contributed by atoms with Crippen molar-refractivity contribution in [1.29, 1.82) is 0 Å². The topological polar surface area (TPSA) is 22.1 Å². The van der Waals surface area contributed by atoms with E-state index < -0.39 is 0 Å². The number of hydrogen-bond acceptors (Lipinski definition) is 2. The largest absolute Gasteiger partial charge is 0.496 e. The molecule has 0 aromatic carbocycles. The van der Waals surface area contributed by atoms with E-state index in [4.69, 9.17) is 4.74 Å². The molecule has 0 aliphatic heterocycles. The molecule has 0 saturated heterocycles. The van der Waals surface area contributed by atoms with Crippen molar-refractivity contribution < 1.29 is 4.74 Å². The molecule has 102 valence electrons. The number of ether oxygens (including phenoxy) is 1. The van der Waals surface area contributed by atoms with Gasteiger partial charge in [-0.15, -0.1) is 0 Å². The van der Waals surface area contributed by atoms with Gasteiger partial charge in [-0.2, -0.15) is 0 Å². The number of halogens is 1. The molecule has 1 heterocycles. The molecule has 1 atom stereocenters. The second kappa shape index (κ2) is 6.05. The second-order valence-electron chi connectivity index (χ2n) is 5.97. The molecule has 1 unspecified atom stereocenters. The summed E-state index contributed by atoms with van der Waals surface area (Å²) in [6.45, 7) is 11.0. The van der Waals surface area contributed by atoms with Crippen molar-refractivity contribution in [2.24, 2.45) is 11.3 Å². The maximum absolute atomic E-state index is 5.47. The molecule has 0 aliphatic rings. The first-order chi connectivity index (χ1) is 8.31. The van der Waals surface area contributed by atoms with Gasteiger partial charge in [-0.3, -0.25) is 4.98 Å². The minimum absolute atomic E-state index is 0.274. The lowest BCUT2D eigenvalue weighted by atomic mass is 9.79. The third-order valence-corrected chi connectivity index (χ3v) is 4.38. The van der Waals surface area contributed by atoms with Gasteiger partial charge in [0, 0.05) is 28.3 Å². The summed E-state index contributed by atoms with van der Waals surface area (Å²) in [4.78, 5) is 4.59. The quantitative estimate of drug-likeness (QED) is 0.773. The Morgan fingerprint density at radius 1 is 1.33 bits per heavy atom. The number of hydrogen-bond donors (Lipinski definition) is 0. The van der Waals surface area contributed by atoms with Crippen LogP contribution in [0.5, 0.6) is 5.75 Å². The Morgan fingerprint density at radius 3 is 2.39 bits per heavy atom. The first-order valence-electron chi connectivity index (χ1n) is 6.36. The van der Waals surface area contributed by atoms with E-state index in [0.29, 0.717) is 5.92 Å². The fraction of sp³-hybridized carbons (Fsp3) is 0.667. The van der Waals surface area contributed by atoms with Crippen molar-refractivity contribution in [3.63, 3.8) is 0 Å². The van der Waals surface area contributed by atoms with E-state index in [-0.39, 0.29) is 5.41 Å². The standard InChI is InChI=1S/C15H24BrNO/c1-10-9-17-13(11(2)14(10)18-6)7-12(8-16)15(3,4)5/h9,12H,7-8H2,1-6H3. The summed E-state index contributed by atoms with van der Waals surface area (Å²) in [5, 5.41) is 0.994. The molecule has 0 amide bonds. The van der Waals surface area contributed by atoms with E-state index in [9.17, 15) is 0 Å². The van der Waals surface area contributed by atoms with Crippen LogP contribution in [0.4, 0.5) is 0 Å². The average Bonchev–Trinajstić information content (AvgIpc) is 2.27. The molecule has 3 heteroatoms. The molecule has 2 nitrogen and oxygen atoms in total. The normalized spacial score (nSPS) is 13.5. The highest BCUT2D eigenvalue weighted by Gasteiger charge is 2.25. The smallest absolute Gasteiger partial charge is 0.128 e. The molecule has 1 aromatic rings. The number of pyridine rings is 1. The molecular weight excluding hydrogens is 290 g/mol. The summed E-state index contributed by atoms with van der Waals surface area (Å²) in [7, 11) is 1.73. The van der Waals surface area contributed by atoms with Crippen LogP contribution in [0.1, 0.15) is 37.6 Å². The lowest BCUT2D eigenvalue weighted by Gasteiger charge is -2.29. The zero-order valence-electron chi connectivity index (χ0n) is 12.3. The van der Waals surface area contributed by atoms with Crippen molar-refractivity contribution >= 4 is 15.9 Å². The van der Waals surface area contributed by atoms with Crippen LogP contribution in [0.25, 0.3) is 0 Å². The predicted octanol–water partition coefficient (Wildman–Crippen LogP) is 4.31. The lowest BCUT2D eigenvalue weighted by molar-refractivity contribution is 0.264. The van der Waals surface area contributed by atoms with Crippen LogP contribution >= 0.6 is 15.9 Å². The van der Waals surface area contributed by atoms with Gasteiger partial charge < -0.3 is 4.74 Å². The number of nitrogens with zero attached hydrogens (tertiary/aromatic N) is 1. The van der Waals surface area contributed by atoms with Crippen LogP contribution in [-0.2, 0) is 6.42 Å². The van der Waals surface area contributed by atoms with E-state index >= 15 is 0 Å². The first-order valence-corrected chi connectivity index (χ1v) is 7.48. The molecule has 0 fully saturated rings. The molecule has 0 radical (unpaired) electrons. The summed E-state index contributed by atoms with van der Waals surface area (Å²) in [5.41, 5.74) is 3.70. The van der Waals surface area contributed by atoms with Crippen LogP contribution in [0.3, 0.4) is 0 Å². The van der Waals surface area contributed by atoms with Gasteiger partial charge >= 0.3 is 0 Å². The Bertz CT molecular complexity index is 410. The highest BCUT2D eigenvalue weighted by Crippen LogP contribution is 2.33. The summed E-state index contributed by atoms with van der Waals surface area (Å²) >= 11 is 3.62. The Morgan fingerprint density at radius 2 is 1.94 bits per heavy atom. The molecule has 1 rings (SSSR count). The second-order valence-corrected chi connectivity index (χ2v) is 6.62. The number of aromatic nitrogens is 1. The summed E-state index contributed by atoms with van der Waals surface area (Å²) in [5.74, 6) is 1.54. The molecule has 0 N–H and O–H groups in total. The van der Waals surface area contributed by atoms with E-state index in [1.54, 1.807) is 7.11 Å². The Labute approximate surface area is 119 Å². The highest BCUT2D eigenvalue weighted by atomic mass is 79.9. The monoisotopic (exact) mass is 313 g/mol. The summed E-state index contributed by atoms with van der Waals surface area (Å²) < 4.78 is 5.47. The zero-order valence-corrected chi connectivity index (χ0v) is 13.9. The van der Waals surface area contributed by atoms with Crippen molar-refractivity contribution in [1.82, 2.24) is 4.98 Å². The molecular formula is C15H24BrNO. The maximum atomic E-state index is 5.47. The fourth-order valence-electron chi connectivity index (χ4n) is 2.10. The van der Waals surface area contributed by atoms with Gasteiger partial charge in [0.1, 0.15) is 5.75 Å². The van der Waals surface area contributed by atoms with Gasteiger partial charge in [0.25, 0.3) is 0 Å². The fourth-order valence-corrected chi connectivity index (χ4v) is 3.30. The molecule has 0 spiro atoms. The highest BCUT2D eigenvalue weighted by molar-refractivity contribution is 9.09. The van der Waals surface area contributed by atoms with Gasteiger partial charge in [0.05, 0.1) is 7.11 Å². The van der Waals surface area contributed by atoms with Crippen molar-refractivity contribution in [3.8, 4) is 5.75 Å². The van der Waals surface area contributed by atoms with Crippen molar-refractivity contribution in [2.45, 2.75) is 41.0 Å². The van der Waals surface area contributed by atoms with Crippen molar-refractivity contribution in [3.05, 3.63) is 23.0 Å². The average molecular weight is 314 g/mol. The van der Waals surface area contributed by atoms with E-state index in [1.165, 1.54) is 5.56 Å². The molecule has 0 saturated carbocycles. The molecule has 18 heavy (non-hydrogen) atoms. The molecule has 1 aromatic heterocycles. The van der Waals surface area contributed by atoms with Gasteiger partial charge in [-0.1, -0.05) is 36.7 Å². The van der Waals surface area contributed by atoms with E-state index in [2.05, 4.69) is 48.6 Å². The van der Waals surface area contributed by atoms with E-state index in [0.717, 1.165) is 28.8 Å². The van der Waals surface area contributed by atoms with Crippen LogP contribution in [0.15, 0.2) is 6.20 Å². The number of methoxy groups -OCH3 is 1. The zero-order chi connectivity index (χ0) is 13.9. The third kappa shape index (κ3) is 3.47. The third-order valence-electron chi connectivity index (χ3n) is 3.60. The predicted molar refractivity (Wildman–Crippen MR) is 80.7 cm³/mol. The van der Waals surface area contributed by atoms with Crippen LogP contribution in [0, 0.1) is 25.2 Å². The van der Waals surface area contributed by atoms with Crippen LogP contribution in [0.2, 0.25) is 0 Å². The Balaban J connectivity index is 3.05. The first kappa shape index (κ1) is 15.5. The van der Waals surface area contributed by atoms with Gasteiger partial charge in [-0.05, 0) is 31.6 Å². The minimum atomic E-state index is 0.274. The van der Waals surface area contributed by atoms with Crippen LogP contribution < -0.4 is 4.74 Å². The summed E-state index contributed by atoms with van der Waals surface area (Å²) in [6.07, 6.45) is 2.90. The molecule has 0 aliphatic carbocycles. The van der Waals surface area contributed by atoms with Crippen LogP contribution in [-0.4, -0.2) is 17.4 Å². The minimum Gasteiger partial charge on any atom is -0.496 e.